The number of aliphatic hydroxyl groups excluding tert-OH is 1. The molecule has 15 heavy (non-hydrogen) atoms. The van der Waals surface area contributed by atoms with Crippen molar-refractivity contribution >= 4 is 0 Å². The van der Waals surface area contributed by atoms with Crippen molar-refractivity contribution in [3.8, 4) is 11.5 Å². The maximum atomic E-state index is 8.70. The largest absolute Gasteiger partial charge is 0.497 e. The second-order valence-corrected chi connectivity index (χ2v) is 3.26. The SMILES string of the molecule is COc1ccc(OCCC(N)CO)cc1. The minimum atomic E-state index is -0.205. The van der Waals surface area contributed by atoms with Crippen LogP contribution in [0.15, 0.2) is 24.3 Å². The van der Waals surface area contributed by atoms with Crippen molar-refractivity contribution in [1.29, 1.82) is 0 Å². The van der Waals surface area contributed by atoms with E-state index in [2.05, 4.69) is 0 Å². The van der Waals surface area contributed by atoms with Gasteiger partial charge < -0.3 is 20.3 Å². The van der Waals surface area contributed by atoms with E-state index in [9.17, 15) is 0 Å². The van der Waals surface area contributed by atoms with Crippen LogP contribution in [0.4, 0.5) is 0 Å². The van der Waals surface area contributed by atoms with E-state index >= 15 is 0 Å². The standard InChI is InChI=1S/C11H17NO3/c1-14-10-2-4-11(5-3-10)15-7-6-9(12)8-13/h2-5,9,13H,6-8,12H2,1H3. The molecular formula is C11H17NO3. The van der Waals surface area contributed by atoms with Crippen LogP contribution in [-0.4, -0.2) is 31.5 Å². The first-order valence-electron chi connectivity index (χ1n) is 4.89. The van der Waals surface area contributed by atoms with Crippen LogP contribution in [0.1, 0.15) is 6.42 Å². The van der Waals surface area contributed by atoms with Gasteiger partial charge in [-0.2, -0.15) is 0 Å². The van der Waals surface area contributed by atoms with Crippen molar-refractivity contribution in [2.75, 3.05) is 20.3 Å². The monoisotopic (exact) mass is 211 g/mol. The van der Waals surface area contributed by atoms with Crippen molar-refractivity contribution in [3.05, 3.63) is 24.3 Å². The molecule has 0 bridgehead atoms. The molecule has 4 heteroatoms. The van der Waals surface area contributed by atoms with Crippen LogP contribution in [0.5, 0.6) is 11.5 Å². The molecular weight excluding hydrogens is 194 g/mol. The summed E-state index contributed by atoms with van der Waals surface area (Å²) < 4.78 is 10.5. The average molecular weight is 211 g/mol. The van der Waals surface area contributed by atoms with Gasteiger partial charge in [0.2, 0.25) is 0 Å². The summed E-state index contributed by atoms with van der Waals surface area (Å²) in [5.41, 5.74) is 5.53. The first kappa shape index (κ1) is 11.8. The lowest BCUT2D eigenvalue weighted by Gasteiger charge is -2.09. The van der Waals surface area contributed by atoms with E-state index in [-0.39, 0.29) is 12.6 Å². The number of nitrogens with two attached hydrogens (primary N) is 1. The Morgan fingerprint density at radius 2 is 1.87 bits per heavy atom. The number of hydrogen-bond acceptors (Lipinski definition) is 4. The molecule has 0 aromatic heterocycles. The fraction of sp³-hybridized carbons (Fsp3) is 0.455. The van der Waals surface area contributed by atoms with E-state index in [1.54, 1.807) is 7.11 Å². The molecule has 0 amide bonds. The molecule has 1 rings (SSSR count). The third kappa shape index (κ3) is 4.18. The first-order chi connectivity index (χ1) is 7.26. The van der Waals surface area contributed by atoms with Crippen molar-refractivity contribution in [2.24, 2.45) is 5.73 Å². The highest BCUT2D eigenvalue weighted by Gasteiger charge is 2.00. The lowest BCUT2D eigenvalue weighted by molar-refractivity contribution is 0.230. The van der Waals surface area contributed by atoms with Gasteiger partial charge in [0.05, 0.1) is 20.3 Å². The number of rotatable bonds is 6. The second-order valence-electron chi connectivity index (χ2n) is 3.26. The number of methoxy groups -OCH3 is 1. The van der Waals surface area contributed by atoms with Crippen molar-refractivity contribution in [1.82, 2.24) is 0 Å². The number of ether oxygens (including phenoxy) is 2. The molecule has 3 N–H and O–H groups in total. The van der Waals surface area contributed by atoms with Crippen LogP contribution in [0.25, 0.3) is 0 Å². The summed E-state index contributed by atoms with van der Waals surface area (Å²) in [5.74, 6) is 1.58. The van der Waals surface area contributed by atoms with Crippen LogP contribution in [0, 0.1) is 0 Å². The van der Waals surface area contributed by atoms with Crippen LogP contribution in [0.2, 0.25) is 0 Å². The third-order valence-electron chi connectivity index (χ3n) is 2.05. The van der Waals surface area contributed by atoms with E-state index < -0.39 is 0 Å². The van der Waals surface area contributed by atoms with E-state index in [1.165, 1.54) is 0 Å². The Bertz CT molecular complexity index is 274. The Hall–Kier alpha value is -1.26. The highest BCUT2D eigenvalue weighted by Crippen LogP contribution is 2.16. The van der Waals surface area contributed by atoms with Gasteiger partial charge in [-0.1, -0.05) is 0 Å². The van der Waals surface area contributed by atoms with Gasteiger partial charge >= 0.3 is 0 Å². The average Bonchev–Trinajstić information content (AvgIpc) is 2.29. The molecule has 0 saturated carbocycles. The molecule has 4 nitrogen and oxygen atoms in total. The minimum absolute atomic E-state index is 0.00796. The van der Waals surface area contributed by atoms with Gasteiger partial charge in [0, 0.05) is 6.04 Å². The molecule has 0 radical (unpaired) electrons. The number of hydrogen-bond donors (Lipinski definition) is 2. The summed E-state index contributed by atoms with van der Waals surface area (Å²) in [7, 11) is 1.62. The van der Waals surface area contributed by atoms with Crippen LogP contribution in [-0.2, 0) is 0 Å². The maximum Gasteiger partial charge on any atom is 0.119 e. The molecule has 1 unspecified atom stereocenters. The zero-order chi connectivity index (χ0) is 11.1. The third-order valence-corrected chi connectivity index (χ3v) is 2.05. The van der Waals surface area contributed by atoms with Gasteiger partial charge in [-0.15, -0.1) is 0 Å². The van der Waals surface area contributed by atoms with Crippen LogP contribution in [0.3, 0.4) is 0 Å². The fourth-order valence-corrected chi connectivity index (χ4v) is 1.09. The van der Waals surface area contributed by atoms with Crippen LogP contribution < -0.4 is 15.2 Å². The normalized spacial score (nSPS) is 12.2. The van der Waals surface area contributed by atoms with E-state index in [0.717, 1.165) is 11.5 Å². The zero-order valence-corrected chi connectivity index (χ0v) is 8.85. The van der Waals surface area contributed by atoms with Gasteiger partial charge in [0.15, 0.2) is 0 Å². The van der Waals surface area contributed by atoms with E-state index in [4.69, 9.17) is 20.3 Å². The molecule has 84 valence electrons. The first-order valence-corrected chi connectivity index (χ1v) is 4.89. The second kappa shape index (κ2) is 6.27. The lowest BCUT2D eigenvalue weighted by Crippen LogP contribution is -2.26. The Morgan fingerprint density at radius 3 is 2.40 bits per heavy atom. The van der Waals surface area contributed by atoms with E-state index in [0.29, 0.717) is 13.0 Å². The summed E-state index contributed by atoms with van der Waals surface area (Å²) in [6.07, 6.45) is 0.641. The Labute approximate surface area is 89.6 Å². The highest BCUT2D eigenvalue weighted by molar-refractivity contribution is 5.31. The topological polar surface area (TPSA) is 64.7 Å². The van der Waals surface area contributed by atoms with Gasteiger partial charge in [0.1, 0.15) is 11.5 Å². The van der Waals surface area contributed by atoms with Gasteiger partial charge in [-0.05, 0) is 30.7 Å². The Kier molecular flexibility index (Phi) is 4.93. The quantitative estimate of drug-likeness (QED) is 0.730. The molecule has 0 heterocycles. The van der Waals surface area contributed by atoms with Crippen molar-refractivity contribution in [3.63, 3.8) is 0 Å². The van der Waals surface area contributed by atoms with Crippen molar-refractivity contribution < 1.29 is 14.6 Å². The van der Waals surface area contributed by atoms with Gasteiger partial charge in [0.25, 0.3) is 0 Å². The molecule has 1 atom stereocenters. The van der Waals surface area contributed by atoms with Crippen LogP contribution >= 0.6 is 0 Å². The summed E-state index contributed by atoms with van der Waals surface area (Å²) in [4.78, 5) is 0. The Balaban J connectivity index is 2.31. The summed E-state index contributed by atoms with van der Waals surface area (Å²) in [6, 6.07) is 7.14. The van der Waals surface area contributed by atoms with Gasteiger partial charge in [-0.3, -0.25) is 0 Å². The summed E-state index contributed by atoms with van der Waals surface area (Å²) in [6.45, 7) is 0.500. The molecule has 0 saturated heterocycles. The zero-order valence-electron chi connectivity index (χ0n) is 8.85. The van der Waals surface area contributed by atoms with Gasteiger partial charge in [-0.25, -0.2) is 0 Å². The molecule has 1 aromatic carbocycles. The molecule has 0 aliphatic heterocycles. The predicted molar refractivity (Wildman–Crippen MR) is 58.2 cm³/mol. The fourth-order valence-electron chi connectivity index (χ4n) is 1.09. The summed E-state index contributed by atoms with van der Waals surface area (Å²) >= 11 is 0. The maximum absolute atomic E-state index is 8.70. The minimum Gasteiger partial charge on any atom is -0.497 e. The smallest absolute Gasteiger partial charge is 0.119 e. The number of benzene rings is 1. The van der Waals surface area contributed by atoms with E-state index in [1.807, 2.05) is 24.3 Å². The summed E-state index contributed by atoms with van der Waals surface area (Å²) in [5, 5.41) is 8.70. The predicted octanol–water partition coefficient (Wildman–Crippen LogP) is 0.784. The molecule has 0 spiro atoms. The number of aliphatic hydroxyl groups is 1. The molecule has 1 aromatic rings. The lowest BCUT2D eigenvalue weighted by atomic mass is 10.2. The Morgan fingerprint density at radius 1 is 1.27 bits per heavy atom. The highest BCUT2D eigenvalue weighted by atomic mass is 16.5. The molecule has 0 fully saturated rings. The molecule has 0 aliphatic carbocycles. The molecule has 0 aliphatic rings. The van der Waals surface area contributed by atoms with Crippen molar-refractivity contribution in [2.45, 2.75) is 12.5 Å².